The number of halogens is 1. The fourth-order valence-corrected chi connectivity index (χ4v) is 2.51. The van der Waals surface area contributed by atoms with Crippen molar-refractivity contribution in [1.29, 1.82) is 0 Å². The van der Waals surface area contributed by atoms with E-state index in [0.717, 1.165) is 10.2 Å². The minimum absolute atomic E-state index is 0.260. The first-order chi connectivity index (χ1) is 12.1. The molecule has 7 heteroatoms. The summed E-state index contributed by atoms with van der Waals surface area (Å²) >= 11 is 3.41. The molecule has 3 rings (SSSR count). The van der Waals surface area contributed by atoms with E-state index < -0.39 is 0 Å². The zero-order chi connectivity index (χ0) is 17.6. The lowest BCUT2D eigenvalue weighted by atomic mass is 10.2. The molecule has 3 aromatic rings. The van der Waals surface area contributed by atoms with E-state index in [1.54, 1.807) is 43.5 Å². The van der Waals surface area contributed by atoms with Gasteiger partial charge in [0, 0.05) is 15.7 Å². The minimum Gasteiger partial charge on any atom is -0.497 e. The molecule has 0 saturated carbocycles. The molecule has 0 radical (unpaired) electrons. The van der Waals surface area contributed by atoms with E-state index in [9.17, 15) is 4.79 Å². The topological polar surface area (TPSA) is 76.1 Å². The number of anilines is 3. The van der Waals surface area contributed by atoms with Gasteiger partial charge in [-0.25, -0.2) is 0 Å². The van der Waals surface area contributed by atoms with Crippen molar-refractivity contribution >= 4 is 39.2 Å². The third-order valence-electron chi connectivity index (χ3n) is 3.36. The first-order valence-electron chi connectivity index (χ1n) is 7.46. The zero-order valence-corrected chi connectivity index (χ0v) is 14.9. The van der Waals surface area contributed by atoms with E-state index in [-0.39, 0.29) is 5.91 Å². The lowest BCUT2D eigenvalue weighted by Gasteiger charge is -2.07. The number of rotatable bonds is 5. The summed E-state index contributed by atoms with van der Waals surface area (Å²) in [7, 11) is 1.58. The molecule has 0 spiro atoms. The Morgan fingerprint density at radius 3 is 2.36 bits per heavy atom. The number of hydrogen-bond acceptors (Lipinski definition) is 5. The number of hydrogen-bond donors (Lipinski definition) is 2. The van der Waals surface area contributed by atoms with Crippen molar-refractivity contribution < 1.29 is 9.53 Å². The number of ether oxygens (including phenoxy) is 1. The van der Waals surface area contributed by atoms with Gasteiger partial charge in [-0.3, -0.25) is 4.79 Å². The molecule has 2 aromatic carbocycles. The summed E-state index contributed by atoms with van der Waals surface area (Å²) in [5.74, 6) is 1.39. The highest BCUT2D eigenvalue weighted by Gasteiger charge is 2.07. The fraction of sp³-hybridized carbons (Fsp3) is 0.0556. The van der Waals surface area contributed by atoms with Crippen LogP contribution >= 0.6 is 15.9 Å². The number of carbonyl (C=O) groups is 1. The van der Waals surface area contributed by atoms with Crippen LogP contribution in [0.15, 0.2) is 65.1 Å². The summed E-state index contributed by atoms with van der Waals surface area (Å²) in [6.45, 7) is 0. The molecule has 0 bridgehead atoms. The maximum absolute atomic E-state index is 12.2. The van der Waals surface area contributed by atoms with E-state index in [0.29, 0.717) is 22.9 Å². The molecule has 0 aliphatic rings. The molecule has 6 nitrogen and oxygen atoms in total. The second-order valence-electron chi connectivity index (χ2n) is 5.12. The molecular formula is C18H15BrN4O2. The molecule has 1 amide bonds. The van der Waals surface area contributed by atoms with Crippen molar-refractivity contribution in [3.63, 3.8) is 0 Å². The third kappa shape index (κ3) is 4.54. The molecule has 0 aliphatic heterocycles. The quantitative estimate of drug-likeness (QED) is 0.671. The first kappa shape index (κ1) is 16.9. The maximum Gasteiger partial charge on any atom is 0.256 e. The standard InChI is InChI=1S/C18H15BrN4O2/c1-25-15-7-5-12(6-8-15)18(24)21-17-10-9-16(22-23-17)20-14-4-2-3-13(19)11-14/h2-11H,1H3,(H,20,22)(H,21,23,24). The molecule has 0 saturated heterocycles. The molecule has 0 atom stereocenters. The zero-order valence-electron chi connectivity index (χ0n) is 13.4. The summed E-state index contributed by atoms with van der Waals surface area (Å²) in [6, 6.07) is 18.0. The smallest absolute Gasteiger partial charge is 0.256 e. The van der Waals surface area contributed by atoms with Gasteiger partial charge in [-0.2, -0.15) is 0 Å². The molecule has 1 aromatic heterocycles. The van der Waals surface area contributed by atoms with E-state index in [1.807, 2.05) is 24.3 Å². The Labute approximate surface area is 153 Å². The van der Waals surface area contributed by atoms with E-state index >= 15 is 0 Å². The summed E-state index contributed by atoms with van der Waals surface area (Å²) in [5, 5.41) is 13.9. The third-order valence-corrected chi connectivity index (χ3v) is 3.85. The summed E-state index contributed by atoms with van der Waals surface area (Å²) in [5.41, 5.74) is 1.40. The number of nitrogens with one attached hydrogen (secondary N) is 2. The van der Waals surface area contributed by atoms with Crippen LogP contribution in [-0.2, 0) is 0 Å². The first-order valence-corrected chi connectivity index (χ1v) is 8.25. The van der Waals surface area contributed by atoms with Gasteiger partial charge in [0.15, 0.2) is 11.6 Å². The van der Waals surface area contributed by atoms with Gasteiger partial charge in [0.25, 0.3) is 5.91 Å². The average Bonchev–Trinajstić information content (AvgIpc) is 2.63. The molecule has 0 unspecified atom stereocenters. The number of methoxy groups -OCH3 is 1. The molecule has 25 heavy (non-hydrogen) atoms. The highest BCUT2D eigenvalue weighted by atomic mass is 79.9. The minimum atomic E-state index is -0.260. The SMILES string of the molecule is COc1ccc(C(=O)Nc2ccc(Nc3cccc(Br)c3)nn2)cc1. The number of nitrogens with zero attached hydrogens (tertiary/aromatic N) is 2. The maximum atomic E-state index is 12.2. The van der Waals surface area contributed by atoms with Gasteiger partial charge < -0.3 is 15.4 Å². The van der Waals surface area contributed by atoms with Crippen LogP contribution in [-0.4, -0.2) is 23.2 Å². The number of benzene rings is 2. The van der Waals surface area contributed by atoms with Crippen LogP contribution in [0.1, 0.15) is 10.4 Å². The van der Waals surface area contributed by atoms with Crippen LogP contribution in [0.5, 0.6) is 5.75 Å². The van der Waals surface area contributed by atoms with Gasteiger partial charge >= 0.3 is 0 Å². The van der Waals surface area contributed by atoms with Gasteiger partial charge in [0.05, 0.1) is 7.11 Å². The van der Waals surface area contributed by atoms with Crippen LogP contribution in [0.4, 0.5) is 17.3 Å². The number of amides is 1. The van der Waals surface area contributed by atoms with Gasteiger partial charge in [-0.05, 0) is 54.6 Å². The normalized spacial score (nSPS) is 10.2. The number of aromatic nitrogens is 2. The Kier molecular flexibility index (Phi) is 5.25. The average molecular weight is 399 g/mol. The Balaban J connectivity index is 1.64. The Hall–Kier alpha value is -2.93. The number of carbonyl (C=O) groups excluding carboxylic acids is 1. The van der Waals surface area contributed by atoms with Crippen LogP contribution in [0.25, 0.3) is 0 Å². The highest BCUT2D eigenvalue weighted by Crippen LogP contribution is 2.19. The van der Waals surface area contributed by atoms with Crippen molar-refractivity contribution in [2.45, 2.75) is 0 Å². The molecule has 126 valence electrons. The summed E-state index contributed by atoms with van der Waals surface area (Å²) in [4.78, 5) is 12.2. The van der Waals surface area contributed by atoms with Crippen LogP contribution in [0, 0.1) is 0 Å². The highest BCUT2D eigenvalue weighted by molar-refractivity contribution is 9.10. The Morgan fingerprint density at radius 2 is 1.72 bits per heavy atom. The molecule has 0 fully saturated rings. The Bertz CT molecular complexity index is 867. The van der Waals surface area contributed by atoms with Crippen molar-refractivity contribution in [3.8, 4) is 5.75 Å². The van der Waals surface area contributed by atoms with E-state index in [1.165, 1.54) is 0 Å². The van der Waals surface area contributed by atoms with Crippen LogP contribution < -0.4 is 15.4 Å². The van der Waals surface area contributed by atoms with Crippen molar-refractivity contribution in [3.05, 3.63) is 70.7 Å². The fourth-order valence-electron chi connectivity index (χ4n) is 2.11. The molecule has 1 heterocycles. The largest absolute Gasteiger partial charge is 0.497 e. The lowest BCUT2D eigenvalue weighted by molar-refractivity contribution is 0.102. The summed E-state index contributed by atoms with van der Waals surface area (Å²) in [6.07, 6.45) is 0. The van der Waals surface area contributed by atoms with Crippen molar-refractivity contribution in [2.75, 3.05) is 17.7 Å². The second-order valence-corrected chi connectivity index (χ2v) is 6.04. The monoisotopic (exact) mass is 398 g/mol. The van der Waals surface area contributed by atoms with Crippen molar-refractivity contribution in [1.82, 2.24) is 10.2 Å². The molecule has 0 aliphatic carbocycles. The van der Waals surface area contributed by atoms with Gasteiger partial charge in [0.1, 0.15) is 5.75 Å². The van der Waals surface area contributed by atoms with Crippen LogP contribution in [0.2, 0.25) is 0 Å². The van der Waals surface area contributed by atoms with E-state index in [2.05, 4.69) is 36.8 Å². The predicted octanol–water partition coefficient (Wildman–Crippen LogP) is 4.24. The second kappa shape index (κ2) is 7.76. The van der Waals surface area contributed by atoms with Gasteiger partial charge in [0.2, 0.25) is 0 Å². The predicted molar refractivity (Wildman–Crippen MR) is 100 cm³/mol. The van der Waals surface area contributed by atoms with E-state index in [4.69, 9.17) is 4.74 Å². The lowest BCUT2D eigenvalue weighted by Crippen LogP contribution is -2.13. The van der Waals surface area contributed by atoms with Crippen molar-refractivity contribution in [2.24, 2.45) is 0 Å². The van der Waals surface area contributed by atoms with Gasteiger partial charge in [-0.1, -0.05) is 22.0 Å². The molecular weight excluding hydrogens is 384 g/mol. The summed E-state index contributed by atoms with van der Waals surface area (Å²) < 4.78 is 6.04. The molecule has 2 N–H and O–H groups in total. The Morgan fingerprint density at radius 1 is 1.00 bits per heavy atom. The van der Waals surface area contributed by atoms with Crippen LogP contribution in [0.3, 0.4) is 0 Å². The van der Waals surface area contributed by atoms with Gasteiger partial charge in [-0.15, -0.1) is 10.2 Å².